The first-order valence-electron chi connectivity index (χ1n) is 7.83. The normalized spacial score (nSPS) is 11.9. The molecule has 2 heterocycles. The summed E-state index contributed by atoms with van der Waals surface area (Å²) in [5, 5.41) is 0. The van der Waals surface area contributed by atoms with Gasteiger partial charge in [-0.2, -0.15) is 4.98 Å². The number of benzene rings is 2. The number of aromatic nitrogens is 2. The Hall–Kier alpha value is -3.48. The molecule has 0 aliphatic carbocycles. The predicted octanol–water partition coefficient (Wildman–Crippen LogP) is 3.06. The van der Waals surface area contributed by atoms with E-state index in [-0.39, 0.29) is 23.7 Å². The fourth-order valence-corrected chi connectivity index (χ4v) is 2.82. The number of fused-ring (bicyclic) bond motifs is 2. The fourth-order valence-electron chi connectivity index (χ4n) is 2.82. The number of ether oxygens (including phenoxy) is 2. The number of hydrogen-bond donors (Lipinski definition) is 1. The third-order valence-corrected chi connectivity index (χ3v) is 4.15. The molecule has 3 aromatic rings. The van der Waals surface area contributed by atoms with Crippen molar-refractivity contribution in [2.45, 2.75) is 6.42 Å². The minimum absolute atomic E-state index is 0.194. The Bertz CT molecular complexity index is 1070. The summed E-state index contributed by atoms with van der Waals surface area (Å²) in [7, 11) is 1.31. The maximum Gasteiger partial charge on any atom is 0.337 e. The Labute approximate surface area is 147 Å². The minimum Gasteiger partial charge on any atom is -0.465 e. The molecule has 0 bridgehead atoms. The summed E-state index contributed by atoms with van der Waals surface area (Å²) in [5.41, 5.74) is 1.60. The fraction of sp³-hybridized carbons (Fsp3) is 0.105. The van der Waals surface area contributed by atoms with E-state index in [0.717, 1.165) is 0 Å². The van der Waals surface area contributed by atoms with Gasteiger partial charge in [-0.25, -0.2) is 9.18 Å². The molecule has 0 radical (unpaired) electrons. The van der Waals surface area contributed by atoms with Gasteiger partial charge in [-0.15, -0.1) is 0 Å². The molecule has 26 heavy (non-hydrogen) atoms. The van der Waals surface area contributed by atoms with E-state index in [2.05, 4.69) is 14.7 Å². The lowest BCUT2D eigenvalue weighted by Gasteiger charge is -2.19. The van der Waals surface area contributed by atoms with Crippen molar-refractivity contribution in [3.8, 4) is 23.0 Å². The molecule has 1 aromatic heterocycles. The minimum atomic E-state index is -0.449. The van der Waals surface area contributed by atoms with Gasteiger partial charge in [0.2, 0.25) is 5.88 Å². The Morgan fingerprint density at radius 2 is 2.00 bits per heavy atom. The zero-order chi connectivity index (χ0) is 18.3. The second-order valence-corrected chi connectivity index (χ2v) is 5.80. The summed E-state index contributed by atoms with van der Waals surface area (Å²) >= 11 is 0. The van der Waals surface area contributed by atoms with Gasteiger partial charge in [-0.1, -0.05) is 12.1 Å². The summed E-state index contributed by atoms with van der Waals surface area (Å²) < 4.78 is 23.7. The van der Waals surface area contributed by atoms with Gasteiger partial charge >= 0.3 is 5.97 Å². The number of nitrogens with one attached hydrogen (secondary N) is 1. The van der Waals surface area contributed by atoms with Crippen LogP contribution in [-0.2, 0) is 11.2 Å². The molecule has 0 saturated heterocycles. The number of rotatable bonds is 2. The van der Waals surface area contributed by atoms with Gasteiger partial charge in [-0.3, -0.25) is 4.79 Å². The van der Waals surface area contributed by atoms with Crippen LogP contribution in [0.25, 0.3) is 11.4 Å². The van der Waals surface area contributed by atoms with Crippen LogP contribution in [0, 0.1) is 5.82 Å². The van der Waals surface area contributed by atoms with Crippen LogP contribution in [0.15, 0.2) is 47.3 Å². The first-order chi connectivity index (χ1) is 12.5. The average Bonchev–Trinajstić information content (AvgIpc) is 2.66. The molecule has 7 heteroatoms. The third kappa shape index (κ3) is 2.73. The lowest BCUT2D eigenvalue weighted by atomic mass is 10.0. The molecule has 1 N–H and O–H groups in total. The van der Waals surface area contributed by atoms with Gasteiger partial charge in [0.05, 0.1) is 18.2 Å². The van der Waals surface area contributed by atoms with Gasteiger partial charge in [0.25, 0.3) is 5.56 Å². The SMILES string of the molecule is COC(=O)c1ccc(-c2nc3c(c(=O)[nH]2)Cc2cc(F)ccc2O3)cc1. The van der Waals surface area contributed by atoms with Crippen molar-refractivity contribution in [1.29, 1.82) is 0 Å². The topological polar surface area (TPSA) is 81.3 Å². The second kappa shape index (κ2) is 6.11. The summed E-state index contributed by atoms with van der Waals surface area (Å²) in [6, 6.07) is 10.6. The van der Waals surface area contributed by atoms with E-state index < -0.39 is 5.97 Å². The average molecular weight is 352 g/mol. The number of carbonyl (C=O) groups is 1. The number of halogens is 1. The smallest absolute Gasteiger partial charge is 0.337 e. The van der Waals surface area contributed by atoms with Gasteiger partial charge in [0, 0.05) is 17.5 Å². The molecule has 6 nitrogen and oxygen atoms in total. The number of aromatic amines is 1. The van der Waals surface area contributed by atoms with Crippen molar-refractivity contribution >= 4 is 5.97 Å². The van der Waals surface area contributed by atoms with Crippen LogP contribution >= 0.6 is 0 Å². The van der Waals surface area contributed by atoms with E-state index in [0.29, 0.717) is 33.8 Å². The molecule has 1 aliphatic rings. The standard InChI is InChI=1S/C19H13FN2O4/c1-25-19(24)11-4-2-10(3-5-11)16-21-17(23)14-9-12-8-13(20)6-7-15(12)26-18(14)22-16/h2-8H,9H2,1H3,(H,21,22,23). The first kappa shape index (κ1) is 16.0. The number of hydrogen-bond acceptors (Lipinski definition) is 5. The van der Waals surface area contributed by atoms with E-state index >= 15 is 0 Å². The zero-order valence-electron chi connectivity index (χ0n) is 13.7. The molecule has 4 rings (SSSR count). The molecule has 0 atom stereocenters. The Kier molecular flexibility index (Phi) is 3.76. The van der Waals surface area contributed by atoms with Crippen molar-refractivity contribution in [1.82, 2.24) is 9.97 Å². The van der Waals surface area contributed by atoms with E-state index in [1.807, 2.05) is 0 Å². The first-order valence-corrected chi connectivity index (χ1v) is 7.83. The van der Waals surface area contributed by atoms with Crippen LogP contribution in [0.3, 0.4) is 0 Å². The van der Waals surface area contributed by atoms with E-state index in [9.17, 15) is 14.0 Å². The monoisotopic (exact) mass is 352 g/mol. The molecular weight excluding hydrogens is 339 g/mol. The highest BCUT2D eigenvalue weighted by molar-refractivity contribution is 5.89. The quantitative estimate of drug-likeness (QED) is 0.561. The summed E-state index contributed by atoms with van der Waals surface area (Å²) in [6.07, 6.45) is 0.242. The van der Waals surface area contributed by atoms with E-state index in [1.54, 1.807) is 24.3 Å². The van der Waals surface area contributed by atoms with Gasteiger partial charge in [0.1, 0.15) is 17.4 Å². The van der Waals surface area contributed by atoms with Crippen molar-refractivity contribution in [2.24, 2.45) is 0 Å². The van der Waals surface area contributed by atoms with Crippen molar-refractivity contribution < 1.29 is 18.7 Å². The summed E-state index contributed by atoms with van der Waals surface area (Å²) in [5.74, 6) is 0.151. The van der Waals surface area contributed by atoms with E-state index in [1.165, 1.54) is 25.3 Å². The van der Waals surface area contributed by atoms with Crippen LogP contribution in [-0.4, -0.2) is 23.0 Å². The Morgan fingerprint density at radius 3 is 2.73 bits per heavy atom. The van der Waals surface area contributed by atoms with Crippen LogP contribution < -0.4 is 10.3 Å². The number of nitrogens with zero attached hydrogens (tertiary/aromatic N) is 1. The maximum atomic E-state index is 13.4. The lowest BCUT2D eigenvalue weighted by molar-refractivity contribution is 0.0600. The molecule has 0 amide bonds. The molecule has 2 aromatic carbocycles. The second-order valence-electron chi connectivity index (χ2n) is 5.80. The zero-order valence-corrected chi connectivity index (χ0v) is 13.7. The Balaban J connectivity index is 1.72. The Morgan fingerprint density at radius 1 is 1.23 bits per heavy atom. The molecule has 0 spiro atoms. The number of methoxy groups -OCH3 is 1. The highest BCUT2D eigenvalue weighted by Crippen LogP contribution is 2.34. The summed E-state index contributed by atoms with van der Waals surface area (Å²) in [6.45, 7) is 0. The van der Waals surface area contributed by atoms with Crippen molar-refractivity contribution in [3.05, 3.63) is 75.3 Å². The van der Waals surface area contributed by atoms with Gasteiger partial charge < -0.3 is 14.5 Å². The highest BCUT2D eigenvalue weighted by atomic mass is 19.1. The number of H-pyrrole nitrogens is 1. The molecule has 0 saturated carbocycles. The predicted molar refractivity (Wildman–Crippen MR) is 90.9 cm³/mol. The molecule has 1 aliphatic heterocycles. The van der Waals surface area contributed by atoms with Crippen LogP contribution in [0.5, 0.6) is 11.6 Å². The van der Waals surface area contributed by atoms with Crippen molar-refractivity contribution in [3.63, 3.8) is 0 Å². The lowest BCUT2D eigenvalue weighted by Crippen LogP contribution is -2.20. The molecular formula is C19H13FN2O4. The van der Waals surface area contributed by atoms with Gasteiger partial charge in [0.15, 0.2) is 0 Å². The molecule has 130 valence electrons. The molecule has 0 unspecified atom stereocenters. The van der Waals surface area contributed by atoms with Crippen LogP contribution in [0.4, 0.5) is 4.39 Å². The summed E-state index contributed by atoms with van der Waals surface area (Å²) in [4.78, 5) is 31.0. The molecule has 0 fully saturated rings. The highest BCUT2D eigenvalue weighted by Gasteiger charge is 2.23. The number of esters is 1. The van der Waals surface area contributed by atoms with Crippen molar-refractivity contribution in [2.75, 3.05) is 7.11 Å². The maximum absolute atomic E-state index is 13.4. The largest absolute Gasteiger partial charge is 0.465 e. The third-order valence-electron chi connectivity index (χ3n) is 4.15. The van der Waals surface area contributed by atoms with Gasteiger partial charge in [-0.05, 0) is 30.3 Å². The van der Waals surface area contributed by atoms with Crippen LogP contribution in [0.2, 0.25) is 0 Å². The van der Waals surface area contributed by atoms with Crippen LogP contribution in [0.1, 0.15) is 21.5 Å². The van der Waals surface area contributed by atoms with E-state index in [4.69, 9.17) is 4.74 Å². The number of carbonyl (C=O) groups excluding carboxylic acids is 1.